The molecule has 4 heterocycles. The van der Waals surface area contributed by atoms with Gasteiger partial charge in [-0.1, -0.05) is 83.7 Å². The van der Waals surface area contributed by atoms with Crippen LogP contribution in [0.4, 0.5) is 0 Å². The zero-order valence-electron chi connectivity index (χ0n) is 51.3. The van der Waals surface area contributed by atoms with E-state index >= 15 is 0 Å². The Morgan fingerprint density at radius 3 is 1.50 bits per heavy atom. The van der Waals surface area contributed by atoms with E-state index in [9.17, 15) is 27.0 Å². The van der Waals surface area contributed by atoms with E-state index in [2.05, 4.69) is 33.2 Å². The molecule has 0 aliphatic heterocycles. The summed E-state index contributed by atoms with van der Waals surface area (Å²) in [7, 11) is 0. The summed E-state index contributed by atoms with van der Waals surface area (Å²) in [5.41, 5.74) is -2.16. The molecule has 4 aromatic heterocycles. The number of pyridine rings is 3. The molecule has 0 spiro atoms. The van der Waals surface area contributed by atoms with Crippen LogP contribution in [0.1, 0.15) is 67.8 Å². The molecule has 0 saturated carbocycles. The van der Waals surface area contributed by atoms with Gasteiger partial charge in [0.25, 0.3) is 0 Å². The summed E-state index contributed by atoms with van der Waals surface area (Å²) in [6, 6.07) is 38.7. The number of furan rings is 1. The number of aromatic nitrogens is 3. The fraction of sp³-hybridized carbons (Fsp3) is 0.102. The number of benzene rings is 6. The van der Waals surface area contributed by atoms with Crippen LogP contribution < -0.4 is 0 Å². The molecular formula is C59H40IrN5O. The Balaban J connectivity index is 0.00000828. The standard InChI is InChI=1S/C59H40N5O.Ir/c60-35-40-20-25-49(26-21-40)57-50(36-61)27-28-52-51-12-7-13-53(58(51)65-59(52)57)56-31-24-43(39-64-56)16-19-46-33-44(17-14-41-22-29-54(62-37-41)47-8-3-1-4-9-47)32-45(34-46)18-15-42-23-30-55(63-38-42)48-10-5-2-6-11-48;/h1-8,10,12,20-34,37-39H,14-19H2;/q-3;+3/i14D2,15D2,16D2,17D2,18D2,19D2,20D,21D,25D,26D,27D;. The van der Waals surface area contributed by atoms with Gasteiger partial charge in [0.1, 0.15) is 5.58 Å². The minimum absolute atomic E-state index is 0. The van der Waals surface area contributed by atoms with E-state index < -0.39 is 84.7 Å². The topological polar surface area (TPSA) is 99.4 Å². The SMILES string of the molecule is [2H]c1cc2c(oc3c(-c4ccc(C([2H])([2H])C([2H])([2H])c5cc(C([2H])([2H])C([2H])([2H])c6ccc(-c7[c-]cccc7)nc6)cc(C([2H])([2H])C([2H])([2H])c6ccc(-c7[c-]cccc7)nc6)c5)cn4)[c-]ccc32)c(-c2c([2H])c([2H])c(C#N)c([2H])c2[2H])c1C#N.[Ir+3]. The first-order chi connectivity index (χ1) is 38.7. The van der Waals surface area contributed by atoms with Crippen molar-refractivity contribution < 1.29 is 47.8 Å². The molecule has 0 amide bonds. The molecular weight excluding hydrogens is 987 g/mol. The Morgan fingerprint density at radius 1 is 0.515 bits per heavy atom. The van der Waals surface area contributed by atoms with Gasteiger partial charge < -0.3 is 19.4 Å². The van der Waals surface area contributed by atoms with E-state index in [1.54, 1.807) is 60.7 Å². The van der Waals surface area contributed by atoms with Crippen molar-refractivity contribution in [2.45, 2.75) is 38.2 Å². The minimum Gasteiger partial charge on any atom is -0.500 e. The summed E-state index contributed by atoms with van der Waals surface area (Å²) in [5.74, 6) is 0. The van der Waals surface area contributed by atoms with Crippen molar-refractivity contribution in [3.05, 3.63) is 233 Å². The average Bonchev–Trinajstić information content (AvgIpc) is 3.83. The number of nitrogens with zero attached hydrogens (tertiary/aromatic N) is 5. The van der Waals surface area contributed by atoms with E-state index in [4.69, 9.17) is 11.3 Å². The van der Waals surface area contributed by atoms with E-state index in [1.165, 1.54) is 48.5 Å². The molecule has 0 bridgehead atoms. The average molecular weight is 1040 g/mol. The van der Waals surface area contributed by atoms with E-state index in [1.807, 2.05) is 6.07 Å². The minimum atomic E-state index is -3.25. The smallest absolute Gasteiger partial charge is 0.500 e. The van der Waals surface area contributed by atoms with Crippen molar-refractivity contribution in [3.63, 3.8) is 0 Å². The summed E-state index contributed by atoms with van der Waals surface area (Å²) in [6.07, 6.45) is -15.4. The molecule has 10 rings (SSSR count). The predicted molar refractivity (Wildman–Crippen MR) is 256 cm³/mol. The first kappa shape index (κ1) is 27.5. The normalized spacial score (nSPS) is 16.0. The number of aryl methyl sites for hydroxylation is 6. The first-order valence-electron chi connectivity index (χ1n) is 28.5. The molecule has 0 N–H and O–H groups in total. The van der Waals surface area contributed by atoms with Gasteiger partial charge in [0.2, 0.25) is 0 Å². The van der Waals surface area contributed by atoms with Crippen LogP contribution in [0.2, 0.25) is 0 Å². The molecule has 0 atom stereocenters. The molecule has 0 fully saturated rings. The molecule has 0 unspecified atom stereocenters. The zero-order chi connectivity index (χ0) is 59.1. The maximum Gasteiger partial charge on any atom is 3.00 e. The van der Waals surface area contributed by atoms with Gasteiger partial charge in [-0.25, -0.2) is 0 Å². The van der Waals surface area contributed by atoms with Gasteiger partial charge in [-0.2, -0.15) is 10.5 Å². The number of rotatable bonds is 13. The Kier molecular flexibility index (Phi) is 8.31. The number of hydrogen-bond acceptors (Lipinski definition) is 6. The van der Waals surface area contributed by atoms with Crippen LogP contribution >= 0.6 is 0 Å². The summed E-state index contributed by atoms with van der Waals surface area (Å²) < 4.78 is 162. The van der Waals surface area contributed by atoms with Gasteiger partial charge in [-0.3, -0.25) is 0 Å². The van der Waals surface area contributed by atoms with Crippen LogP contribution in [0.3, 0.4) is 0 Å². The van der Waals surface area contributed by atoms with Gasteiger partial charge in [-0.05, 0) is 112 Å². The fourth-order valence-corrected chi connectivity index (χ4v) is 7.00. The van der Waals surface area contributed by atoms with Gasteiger partial charge >= 0.3 is 20.1 Å². The van der Waals surface area contributed by atoms with Crippen molar-refractivity contribution in [2.75, 3.05) is 0 Å². The van der Waals surface area contributed by atoms with Crippen molar-refractivity contribution in [1.29, 1.82) is 10.5 Å². The van der Waals surface area contributed by atoms with Crippen LogP contribution in [0.15, 0.2) is 175 Å². The number of fused-ring (bicyclic) bond motifs is 3. The third-order valence-corrected chi connectivity index (χ3v) is 10.1. The monoisotopic (exact) mass is 1040 g/mol. The second kappa shape index (κ2) is 19.9. The maximum atomic E-state index is 10.3. The summed E-state index contributed by atoms with van der Waals surface area (Å²) in [6.45, 7) is 0. The Labute approximate surface area is 422 Å². The second-order valence-corrected chi connectivity index (χ2v) is 14.4. The second-order valence-electron chi connectivity index (χ2n) is 14.4. The Bertz CT molecular complexity index is 4090. The van der Waals surface area contributed by atoms with Crippen molar-refractivity contribution in [3.8, 4) is 57.0 Å². The third-order valence-electron chi connectivity index (χ3n) is 10.1. The first-order valence-corrected chi connectivity index (χ1v) is 20.0. The summed E-state index contributed by atoms with van der Waals surface area (Å²) in [4.78, 5) is 13.2. The van der Waals surface area contributed by atoms with Crippen LogP contribution in [0.5, 0.6) is 0 Å². The molecule has 316 valence electrons. The molecule has 6 nitrogen and oxygen atoms in total. The van der Waals surface area contributed by atoms with E-state index in [-0.39, 0.29) is 87.3 Å². The number of nitriles is 2. The quantitative estimate of drug-likeness (QED) is 0.107. The molecule has 66 heavy (non-hydrogen) atoms. The Hall–Kier alpha value is -7.80. The summed E-state index contributed by atoms with van der Waals surface area (Å²) in [5, 5.41) is 20.4. The van der Waals surface area contributed by atoms with Gasteiger partial charge in [0.05, 0.1) is 35.7 Å². The van der Waals surface area contributed by atoms with Gasteiger partial charge in [0, 0.05) is 46.0 Å². The van der Waals surface area contributed by atoms with E-state index in [0.29, 0.717) is 27.9 Å². The van der Waals surface area contributed by atoms with Gasteiger partial charge in [-0.15, -0.1) is 90.0 Å². The van der Waals surface area contributed by atoms with Crippen molar-refractivity contribution in [1.82, 2.24) is 15.0 Å². The van der Waals surface area contributed by atoms with Crippen LogP contribution in [-0.4, -0.2) is 15.0 Å². The fourth-order valence-electron chi connectivity index (χ4n) is 7.00. The number of hydrogen-bond donors (Lipinski definition) is 0. The van der Waals surface area contributed by atoms with Crippen LogP contribution in [-0.2, 0) is 58.3 Å². The van der Waals surface area contributed by atoms with Crippen molar-refractivity contribution >= 4 is 21.9 Å². The molecule has 6 aromatic carbocycles. The third kappa shape index (κ3) is 9.51. The Morgan fingerprint density at radius 2 is 1.03 bits per heavy atom. The molecule has 0 radical (unpaired) electrons. The molecule has 7 heteroatoms. The molecule has 0 aliphatic rings. The molecule has 10 aromatic rings. The van der Waals surface area contributed by atoms with E-state index in [0.717, 1.165) is 36.8 Å². The van der Waals surface area contributed by atoms with Gasteiger partial charge in [0.15, 0.2) is 0 Å². The zero-order valence-corrected chi connectivity index (χ0v) is 36.7. The molecule has 0 aliphatic carbocycles. The maximum absolute atomic E-state index is 10.3. The predicted octanol–water partition coefficient (Wildman–Crippen LogP) is 12.9. The largest absolute Gasteiger partial charge is 3.00 e. The van der Waals surface area contributed by atoms with Crippen molar-refractivity contribution in [2.24, 2.45) is 0 Å². The van der Waals surface area contributed by atoms with Crippen LogP contribution in [0, 0.1) is 40.9 Å². The van der Waals surface area contributed by atoms with Crippen LogP contribution in [0.25, 0.3) is 66.8 Å². The summed E-state index contributed by atoms with van der Waals surface area (Å²) >= 11 is 0. The molecule has 0 saturated heterocycles.